The van der Waals surface area contributed by atoms with Crippen LogP contribution in [-0.2, 0) is 23.9 Å². The molecule has 0 radical (unpaired) electrons. The van der Waals surface area contributed by atoms with Crippen LogP contribution in [0.2, 0.25) is 0 Å². The lowest BCUT2D eigenvalue weighted by Gasteiger charge is -2.07. The number of alkyl halides is 11. The van der Waals surface area contributed by atoms with Gasteiger partial charge in [-0.1, -0.05) is 153 Å². The largest absolute Gasteiger partial charge is 0.490 e. The van der Waals surface area contributed by atoms with Gasteiger partial charge in [0, 0.05) is 53.5 Å². The van der Waals surface area contributed by atoms with Crippen LogP contribution in [0.4, 0.5) is 13.2 Å². The molecule has 0 bridgehead atoms. The molecule has 0 heterocycles. The van der Waals surface area contributed by atoms with Gasteiger partial charge in [-0.15, -0.1) is 0 Å². The number of aliphatic hydroxyl groups excluding tert-OH is 1. The highest BCUT2D eigenvalue weighted by atomic mass is 79.9. The Morgan fingerprint density at radius 2 is 0.945 bits per heavy atom. The number of rotatable bonds is 23. The summed E-state index contributed by atoms with van der Waals surface area (Å²) in [7, 11) is 0. The van der Waals surface area contributed by atoms with Gasteiger partial charge in [0.25, 0.3) is 0 Å². The van der Waals surface area contributed by atoms with Gasteiger partial charge in [0.1, 0.15) is 18.0 Å². The molecule has 324 valence electrons. The van der Waals surface area contributed by atoms with E-state index in [0.717, 1.165) is 59.8 Å². The van der Waals surface area contributed by atoms with Gasteiger partial charge in [0.2, 0.25) is 0 Å². The molecule has 0 saturated heterocycles. The summed E-state index contributed by atoms with van der Waals surface area (Å²) < 4.78 is 45.1. The molecule has 6 nitrogen and oxygen atoms in total. The van der Waals surface area contributed by atoms with Crippen LogP contribution in [0.1, 0.15) is 117 Å². The Hall–Kier alpha value is 2.20. The van der Waals surface area contributed by atoms with Crippen LogP contribution < -0.4 is 0 Å². The topological polar surface area (TPSA) is 89.9 Å². The zero-order chi connectivity index (χ0) is 41.7. The highest BCUT2D eigenvalue weighted by molar-refractivity contribution is 9.13. The van der Waals surface area contributed by atoms with E-state index in [0.29, 0.717) is 55.2 Å². The molecule has 17 heteroatoms. The highest BCUT2D eigenvalue weighted by Gasteiger charge is 2.48. The Kier molecular flexibility index (Phi) is 30.4. The zero-order valence-corrected chi connectivity index (χ0v) is 44.4. The third-order valence-electron chi connectivity index (χ3n) is 9.89. The Balaban J connectivity index is 0.000000371. The maximum absolute atomic E-state index is 11.9. The highest BCUT2D eigenvalue weighted by Crippen LogP contribution is 2.43. The standard InChI is InChI=1S/C10H13Br2F3O2.C10H16Br2O2.C10H16Br2O.C8H14Br2O/c11-5-7(12)3-1-2-6-4-8(6)17-9(16)10(13,14)15;1-7(13)14-10-5-8(10)3-2-4-9(12)6-11;1-7(13)10-5-8(10)3-2-4-9(12)6-11;9-5-7(10)3-1-2-6-4-8(6)11/h6-8H,1-5H2;8-10H,2-6H2,1H3;8-10H,2-6H2,1H3;6-8,11H,1-5H2/t6-,7?,8-;8-,9?,10-;8-,9?,10+;6-,7?,8-/m1111/s1. The first-order chi connectivity index (χ1) is 25.9. The molecule has 4 rings (SSSR count). The van der Waals surface area contributed by atoms with E-state index in [1.807, 2.05) is 0 Å². The molecule has 4 fully saturated rings. The number of ketones is 1. The van der Waals surface area contributed by atoms with Crippen molar-refractivity contribution in [2.75, 3.05) is 21.3 Å². The third kappa shape index (κ3) is 28.4. The Morgan fingerprint density at radius 1 is 0.600 bits per heavy atom. The van der Waals surface area contributed by atoms with Crippen molar-refractivity contribution < 1.29 is 42.1 Å². The van der Waals surface area contributed by atoms with Gasteiger partial charge in [-0.3, -0.25) is 9.59 Å². The van der Waals surface area contributed by atoms with Gasteiger partial charge in [0.15, 0.2) is 0 Å². The smallest absolute Gasteiger partial charge is 0.462 e. The maximum Gasteiger partial charge on any atom is 0.490 e. The van der Waals surface area contributed by atoms with E-state index in [1.165, 1.54) is 64.7 Å². The molecule has 4 aliphatic carbocycles. The van der Waals surface area contributed by atoms with Gasteiger partial charge in [-0.05, 0) is 108 Å². The van der Waals surface area contributed by atoms with E-state index in [2.05, 4.69) is 132 Å². The summed E-state index contributed by atoms with van der Waals surface area (Å²) in [4.78, 5) is 34.3. The Bertz CT molecular complexity index is 1090. The van der Waals surface area contributed by atoms with Crippen molar-refractivity contribution in [1.82, 2.24) is 0 Å². The van der Waals surface area contributed by atoms with Crippen LogP contribution in [0.25, 0.3) is 0 Å². The summed E-state index contributed by atoms with van der Waals surface area (Å²) >= 11 is 27.7. The molecule has 4 saturated carbocycles. The number of ether oxygens (including phenoxy) is 2. The van der Waals surface area contributed by atoms with Crippen molar-refractivity contribution in [2.24, 2.45) is 29.6 Å². The van der Waals surface area contributed by atoms with Crippen molar-refractivity contribution in [3.63, 3.8) is 0 Å². The first-order valence-electron chi connectivity index (χ1n) is 19.3. The number of aliphatic hydroxyl groups is 1. The van der Waals surface area contributed by atoms with E-state index < -0.39 is 18.2 Å². The molecule has 0 aromatic carbocycles. The van der Waals surface area contributed by atoms with Crippen LogP contribution in [0.15, 0.2) is 0 Å². The number of carbonyl (C=O) groups is 3. The van der Waals surface area contributed by atoms with Crippen molar-refractivity contribution >= 4 is 145 Å². The van der Waals surface area contributed by atoms with Crippen LogP contribution in [-0.4, -0.2) is 87.9 Å². The second kappa shape index (κ2) is 30.3. The van der Waals surface area contributed by atoms with Crippen LogP contribution in [0.5, 0.6) is 0 Å². The second-order valence-corrected chi connectivity index (χ2v) is 22.9. The fourth-order valence-corrected chi connectivity index (χ4v) is 8.66. The van der Waals surface area contributed by atoms with E-state index in [1.54, 1.807) is 6.92 Å². The van der Waals surface area contributed by atoms with Gasteiger partial charge in [-0.25, -0.2) is 4.79 Å². The second-order valence-electron chi connectivity index (χ2n) is 15.1. The minimum Gasteiger partial charge on any atom is -0.462 e. The molecular weight excluding hydrogens is 1250 g/mol. The summed E-state index contributed by atoms with van der Waals surface area (Å²) in [5.74, 6) is 0.682. The molecule has 0 aromatic rings. The number of hydrogen-bond acceptors (Lipinski definition) is 6. The van der Waals surface area contributed by atoms with Gasteiger partial charge < -0.3 is 14.6 Å². The summed E-state index contributed by atoms with van der Waals surface area (Å²) in [6, 6.07) is 0. The predicted molar refractivity (Wildman–Crippen MR) is 246 cm³/mol. The average molecular weight is 1310 g/mol. The molecule has 4 unspecified atom stereocenters. The minimum atomic E-state index is -4.87. The van der Waals surface area contributed by atoms with E-state index in [-0.39, 0.29) is 24.1 Å². The zero-order valence-electron chi connectivity index (χ0n) is 31.7. The molecule has 0 amide bonds. The van der Waals surface area contributed by atoms with Crippen molar-refractivity contribution in [3.8, 4) is 0 Å². The van der Waals surface area contributed by atoms with E-state index >= 15 is 0 Å². The quantitative estimate of drug-likeness (QED) is 0.0810. The molecule has 12 atom stereocenters. The van der Waals surface area contributed by atoms with Crippen molar-refractivity contribution in [1.29, 1.82) is 0 Å². The van der Waals surface area contributed by atoms with Crippen molar-refractivity contribution in [3.05, 3.63) is 0 Å². The minimum absolute atomic E-state index is 0.0349. The van der Waals surface area contributed by atoms with E-state index in [4.69, 9.17) is 9.84 Å². The Morgan fingerprint density at radius 3 is 1.24 bits per heavy atom. The van der Waals surface area contributed by atoms with Gasteiger partial charge in [0.05, 0.1) is 6.10 Å². The molecule has 1 N–H and O–H groups in total. The fraction of sp³-hybridized carbons (Fsp3) is 0.921. The summed E-state index contributed by atoms with van der Waals surface area (Å²) in [6.07, 6.45) is 12.3. The first kappa shape index (κ1) is 55.2. The normalized spacial score (nSPS) is 27.9. The molecular formula is C38H59Br8F3O6. The summed E-state index contributed by atoms with van der Waals surface area (Å²) in [5.41, 5.74) is 0. The van der Waals surface area contributed by atoms with Crippen molar-refractivity contribution in [2.45, 2.75) is 160 Å². The summed E-state index contributed by atoms with van der Waals surface area (Å²) in [5, 5.41) is 12.9. The fourth-order valence-electron chi connectivity index (χ4n) is 6.07. The number of carbonyl (C=O) groups excluding carboxylic acids is 3. The van der Waals surface area contributed by atoms with Crippen LogP contribution in [0, 0.1) is 29.6 Å². The lowest BCUT2D eigenvalue weighted by molar-refractivity contribution is -0.201. The monoisotopic (exact) mass is 1300 g/mol. The number of Topliss-reactive ketones (excluding diaryl/α,β-unsaturated/α-hetero) is 1. The van der Waals surface area contributed by atoms with Crippen LogP contribution >= 0.6 is 127 Å². The maximum atomic E-state index is 11.9. The SMILES string of the molecule is CC(=O)O[C@@H]1C[C@H]1CCCC(Br)CBr.CC(=O)[C@@H]1C[C@H]1CCCC(Br)CBr.O=C(O[C@@H]1C[C@H]1CCCC(Br)CBr)C(F)(F)F.O[C@@H]1C[C@H]1CCCC(Br)CBr. The van der Waals surface area contributed by atoms with E-state index in [9.17, 15) is 27.6 Å². The summed E-state index contributed by atoms with van der Waals surface area (Å²) in [6.45, 7) is 3.20. The molecule has 55 heavy (non-hydrogen) atoms. The number of esters is 2. The average Bonchev–Trinajstić information content (AvgIpc) is 3.94. The van der Waals surface area contributed by atoms with Gasteiger partial charge >= 0.3 is 18.1 Å². The first-order valence-corrected chi connectivity index (χ1v) is 27.4. The molecule has 0 aromatic heterocycles. The predicted octanol–water partition coefficient (Wildman–Crippen LogP) is 13.3. The lowest BCUT2D eigenvalue weighted by Crippen LogP contribution is -2.26. The number of halogens is 11. The third-order valence-corrected chi connectivity index (χ3v) is 19.6. The lowest BCUT2D eigenvalue weighted by atomic mass is 10.1. The molecule has 0 spiro atoms. The Labute approximate surface area is 394 Å². The number of hydrogen-bond donors (Lipinski definition) is 1. The molecule has 0 aliphatic heterocycles. The van der Waals surface area contributed by atoms with Crippen LogP contribution in [0.3, 0.4) is 0 Å². The van der Waals surface area contributed by atoms with Gasteiger partial charge in [-0.2, -0.15) is 13.2 Å². The molecule has 4 aliphatic rings.